The summed E-state index contributed by atoms with van der Waals surface area (Å²) in [6.45, 7) is 5.36. The van der Waals surface area contributed by atoms with Crippen LogP contribution >= 0.6 is 11.3 Å². The molecule has 2 rings (SSSR count). The molecule has 1 aliphatic heterocycles. The summed E-state index contributed by atoms with van der Waals surface area (Å²) in [5.41, 5.74) is 0. The number of hydrogen-bond acceptors (Lipinski definition) is 4. The SMILES string of the molecule is C#CCCN1CCN(c2nccs2)CC1. The van der Waals surface area contributed by atoms with Gasteiger partial charge in [0, 0.05) is 50.7 Å². The molecule has 1 saturated heterocycles. The van der Waals surface area contributed by atoms with Crippen LogP contribution in [0, 0.1) is 12.3 Å². The highest BCUT2D eigenvalue weighted by Crippen LogP contribution is 2.18. The first-order valence-electron chi connectivity index (χ1n) is 5.20. The van der Waals surface area contributed by atoms with Crippen molar-refractivity contribution in [2.75, 3.05) is 37.6 Å². The fraction of sp³-hybridized carbons (Fsp3) is 0.545. The summed E-state index contributed by atoms with van der Waals surface area (Å²) in [5.74, 6) is 2.69. The Morgan fingerprint density at radius 3 is 2.80 bits per heavy atom. The second-order valence-corrected chi connectivity index (χ2v) is 4.47. The van der Waals surface area contributed by atoms with Crippen molar-refractivity contribution in [3.8, 4) is 12.3 Å². The van der Waals surface area contributed by atoms with Gasteiger partial charge in [-0.2, -0.15) is 0 Å². The molecule has 0 amide bonds. The summed E-state index contributed by atoms with van der Waals surface area (Å²) in [4.78, 5) is 9.09. The van der Waals surface area contributed by atoms with Crippen molar-refractivity contribution < 1.29 is 0 Å². The van der Waals surface area contributed by atoms with E-state index in [0.717, 1.165) is 44.3 Å². The minimum Gasteiger partial charge on any atom is -0.346 e. The Kier molecular flexibility index (Phi) is 3.59. The number of anilines is 1. The van der Waals surface area contributed by atoms with Gasteiger partial charge in [0.2, 0.25) is 0 Å². The van der Waals surface area contributed by atoms with E-state index in [1.54, 1.807) is 11.3 Å². The minimum atomic E-state index is 0.858. The minimum absolute atomic E-state index is 0.858. The maximum Gasteiger partial charge on any atom is 0.185 e. The lowest BCUT2D eigenvalue weighted by Gasteiger charge is -2.34. The maximum absolute atomic E-state index is 5.25. The van der Waals surface area contributed by atoms with Gasteiger partial charge in [0.1, 0.15) is 0 Å². The summed E-state index contributed by atoms with van der Waals surface area (Å²) in [7, 11) is 0. The van der Waals surface area contributed by atoms with Gasteiger partial charge < -0.3 is 4.90 Å². The van der Waals surface area contributed by atoms with Gasteiger partial charge in [-0.15, -0.1) is 23.7 Å². The lowest BCUT2D eigenvalue weighted by molar-refractivity contribution is 0.264. The lowest BCUT2D eigenvalue weighted by Crippen LogP contribution is -2.46. The van der Waals surface area contributed by atoms with Gasteiger partial charge in [-0.3, -0.25) is 4.90 Å². The van der Waals surface area contributed by atoms with Crippen molar-refractivity contribution in [1.29, 1.82) is 0 Å². The standard InChI is InChI=1S/C11H15N3S/c1-2-3-5-13-6-8-14(9-7-13)11-12-4-10-15-11/h1,4,10H,3,5-9H2. The molecular formula is C11H15N3S. The molecule has 3 nitrogen and oxygen atoms in total. The Balaban J connectivity index is 1.80. The molecule has 0 aliphatic carbocycles. The van der Waals surface area contributed by atoms with Crippen molar-refractivity contribution in [3.05, 3.63) is 11.6 Å². The van der Waals surface area contributed by atoms with Gasteiger partial charge >= 0.3 is 0 Å². The molecule has 1 aromatic heterocycles. The molecule has 0 bridgehead atoms. The molecule has 2 heterocycles. The molecular weight excluding hydrogens is 206 g/mol. The van der Waals surface area contributed by atoms with Crippen molar-refractivity contribution in [2.24, 2.45) is 0 Å². The highest BCUT2D eigenvalue weighted by Gasteiger charge is 2.17. The Bertz CT molecular complexity index is 320. The Hall–Kier alpha value is -1.05. The Labute approximate surface area is 94.7 Å². The molecule has 15 heavy (non-hydrogen) atoms. The summed E-state index contributed by atoms with van der Waals surface area (Å²) < 4.78 is 0. The van der Waals surface area contributed by atoms with E-state index in [1.807, 2.05) is 11.6 Å². The number of piperazine rings is 1. The monoisotopic (exact) mass is 221 g/mol. The van der Waals surface area contributed by atoms with Gasteiger partial charge in [-0.25, -0.2) is 4.98 Å². The smallest absolute Gasteiger partial charge is 0.185 e. The third kappa shape index (κ3) is 2.71. The number of hydrogen-bond donors (Lipinski definition) is 0. The van der Waals surface area contributed by atoms with Crippen LogP contribution in [0.15, 0.2) is 11.6 Å². The van der Waals surface area contributed by atoms with E-state index < -0.39 is 0 Å². The second kappa shape index (κ2) is 5.15. The van der Waals surface area contributed by atoms with E-state index in [0.29, 0.717) is 0 Å². The van der Waals surface area contributed by atoms with Crippen molar-refractivity contribution in [2.45, 2.75) is 6.42 Å². The third-order valence-corrected chi connectivity index (χ3v) is 3.47. The summed E-state index contributed by atoms with van der Waals surface area (Å²) in [6.07, 6.45) is 7.98. The zero-order valence-corrected chi connectivity index (χ0v) is 9.54. The van der Waals surface area contributed by atoms with Crippen LogP contribution in [-0.2, 0) is 0 Å². The van der Waals surface area contributed by atoms with Gasteiger partial charge in [-0.05, 0) is 0 Å². The van der Waals surface area contributed by atoms with E-state index in [4.69, 9.17) is 6.42 Å². The first-order valence-corrected chi connectivity index (χ1v) is 6.08. The molecule has 0 unspecified atom stereocenters. The van der Waals surface area contributed by atoms with Crippen LogP contribution in [0.3, 0.4) is 0 Å². The molecule has 1 fully saturated rings. The van der Waals surface area contributed by atoms with E-state index >= 15 is 0 Å². The van der Waals surface area contributed by atoms with E-state index in [-0.39, 0.29) is 0 Å². The summed E-state index contributed by atoms with van der Waals surface area (Å²) >= 11 is 1.71. The van der Waals surface area contributed by atoms with Gasteiger partial charge in [0.05, 0.1) is 0 Å². The predicted molar refractivity (Wildman–Crippen MR) is 64.2 cm³/mol. The molecule has 4 heteroatoms. The quantitative estimate of drug-likeness (QED) is 0.717. The Morgan fingerprint density at radius 1 is 1.40 bits per heavy atom. The number of thiazole rings is 1. The highest BCUT2D eigenvalue weighted by molar-refractivity contribution is 7.13. The third-order valence-electron chi connectivity index (χ3n) is 2.63. The average molecular weight is 221 g/mol. The molecule has 1 aromatic rings. The first-order chi connectivity index (χ1) is 7.40. The van der Waals surface area contributed by atoms with Crippen LogP contribution in [0.2, 0.25) is 0 Å². The van der Waals surface area contributed by atoms with Crippen molar-refractivity contribution >= 4 is 16.5 Å². The largest absolute Gasteiger partial charge is 0.346 e. The molecule has 0 N–H and O–H groups in total. The lowest BCUT2D eigenvalue weighted by atomic mass is 10.3. The Morgan fingerprint density at radius 2 is 2.20 bits per heavy atom. The van der Waals surface area contributed by atoms with Crippen LogP contribution in [0.5, 0.6) is 0 Å². The number of nitrogens with zero attached hydrogens (tertiary/aromatic N) is 3. The maximum atomic E-state index is 5.25. The van der Waals surface area contributed by atoms with Crippen molar-refractivity contribution in [3.63, 3.8) is 0 Å². The topological polar surface area (TPSA) is 19.4 Å². The molecule has 0 atom stereocenters. The van der Waals surface area contributed by atoms with Crippen LogP contribution in [0.1, 0.15) is 6.42 Å². The first kappa shape index (κ1) is 10.5. The zero-order valence-electron chi connectivity index (χ0n) is 8.72. The molecule has 0 saturated carbocycles. The zero-order chi connectivity index (χ0) is 10.5. The predicted octanol–water partition coefficient (Wildman–Crippen LogP) is 1.29. The fourth-order valence-corrected chi connectivity index (χ4v) is 2.45. The van der Waals surface area contributed by atoms with E-state index in [1.165, 1.54) is 0 Å². The van der Waals surface area contributed by atoms with Crippen LogP contribution < -0.4 is 4.90 Å². The van der Waals surface area contributed by atoms with Gasteiger partial charge in [0.15, 0.2) is 5.13 Å². The summed E-state index contributed by atoms with van der Waals surface area (Å²) in [5, 5.41) is 3.17. The van der Waals surface area contributed by atoms with Crippen molar-refractivity contribution in [1.82, 2.24) is 9.88 Å². The fourth-order valence-electron chi connectivity index (χ4n) is 1.76. The molecule has 0 radical (unpaired) electrons. The average Bonchev–Trinajstić information content (AvgIpc) is 2.80. The number of aromatic nitrogens is 1. The van der Waals surface area contributed by atoms with Crippen LogP contribution in [-0.4, -0.2) is 42.6 Å². The van der Waals surface area contributed by atoms with Gasteiger partial charge in [-0.1, -0.05) is 0 Å². The summed E-state index contributed by atoms with van der Waals surface area (Å²) in [6, 6.07) is 0. The molecule has 0 aromatic carbocycles. The number of rotatable bonds is 3. The molecule has 0 spiro atoms. The van der Waals surface area contributed by atoms with Crippen LogP contribution in [0.4, 0.5) is 5.13 Å². The normalized spacial score (nSPS) is 17.7. The van der Waals surface area contributed by atoms with E-state index in [2.05, 4.69) is 20.7 Å². The van der Waals surface area contributed by atoms with E-state index in [9.17, 15) is 0 Å². The highest BCUT2D eigenvalue weighted by atomic mass is 32.1. The van der Waals surface area contributed by atoms with Gasteiger partial charge in [0.25, 0.3) is 0 Å². The number of terminal acetylenes is 1. The molecule has 80 valence electrons. The second-order valence-electron chi connectivity index (χ2n) is 3.60. The molecule has 1 aliphatic rings. The van der Waals surface area contributed by atoms with Crippen LogP contribution in [0.25, 0.3) is 0 Å².